The summed E-state index contributed by atoms with van der Waals surface area (Å²) in [4.78, 5) is 35.7. The lowest BCUT2D eigenvalue weighted by atomic mass is 10.1. The van der Waals surface area contributed by atoms with Gasteiger partial charge in [-0.05, 0) is 67.4 Å². The van der Waals surface area contributed by atoms with E-state index >= 15 is 0 Å². The van der Waals surface area contributed by atoms with Crippen molar-refractivity contribution in [1.82, 2.24) is 0 Å². The molecular weight excluding hydrogens is 470 g/mol. The fourth-order valence-corrected chi connectivity index (χ4v) is 5.67. The van der Waals surface area contributed by atoms with Gasteiger partial charge in [-0.1, -0.05) is 24.3 Å². The van der Waals surface area contributed by atoms with E-state index in [-0.39, 0.29) is 22.1 Å². The van der Waals surface area contributed by atoms with Gasteiger partial charge in [-0.25, -0.2) is 13.2 Å². The maximum absolute atomic E-state index is 13.4. The van der Waals surface area contributed by atoms with Crippen LogP contribution in [0.4, 0.5) is 11.4 Å². The number of nitrogens with two attached hydrogens (primary N) is 1. The number of ether oxygens (including phenoxy) is 1. The van der Waals surface area contributed by atoms with Gasteiger partial charge in [-0.15, -0.1) is 0 Å². The van der Waals surface area contributed by atoms with Crippen LogP contribution in [0.3, 0.4) is 0 Å². The van der Waals surface area contributed by atoms with Gasteiger partial charge in [-0.2, -0.15) is 0 Å². The Morgan fingerprint density at radius 2 is 1.71 bits per heavy atom. The van der Waals surface area contributed by atoms with E-state index in [1.807, 2.05) is 19.1 Å². The highest BCUT2D eigenvalue weighted by atomic mass is 32.2. The molecule has 10 heteroatoms. The molecule has 0 saturated heterocycles. The summed E-state index contributed by atoms with van der Waals surface area (Å²) < 4.78 is 33.2. The van der Waals surface area contributed by atoms with E-state index in [1.54, 1.807) is 12.1 Å². The molecule has 1 heterocycles. The smallest absolute Gasteiger partial charge is 0.338 e. The number of carbonyl (C=O) groups is 3. The summed E-state index contributed by atoms with van der Waals surface area (Å²) in [6.07, 6.45) is 0.595. The predicted molar refractivity (Wildman–Crippen MR) is 130 cm³/mol. The monoisotopic (exact) mass is 493 g/mol. The van der Waals surface area contributed by atoms with E-state index in [0.29, 0.717) is 17.8 Å². The van der Waals surface area contributed by atoms with Crippen molar-refractivity contribution in [1.29, 1.82) is 0 Å². The van der Waals surface area contributed by atoms with Crippen LogP contribution in [0.25, 0.3) is 0 Å². The van der Waals surface area contributed by atoms with Crippen molar-refractivity contribution in [3.63, 3.8) is 0 Å². The van der Waals surface area contributed by atoms with Gasteiger partial charge in [0.05, 0.1) is 16.1 Å². The summed E-state index contributed by atoms with van der Waals surface area (Å²) in [6, 6.07) is 18.5. The first-order valence-electron chi connectivity index (χ1n) is 10.8. The van der Waals surface area contributed by atoms with Crippen LogP contribution in [0.2, 0.25) is 0 Å². The molecule has 180 valence electrons. The Balaban J connectivity index is 1.43. The number of rotatable bonds is 7. The van der Waals surface area contributed by atoms with Gasteiger partial charge >= 0.3 is 5.97 Å². The van der Waals surface area contributed by atoms with E-state index in [2.05, 4.69) is 5.32 Å². The number of benzene rings is 3. The maximum Gasteiger partial charge on any atom is 0.338 e. The number of amides is 2. The Morgan fingerprint density at radius 3 is 2.43 bits per heavy atom. The molecule has 3 aromatic carbocycles. The number of nitrogens with zero attached hydrogens (tertiary/aromatic N) is 1. The molecule has 3 N–H and O–H groups in total. The molecule has 0 bridgehead atoms. The fourth-order valence-electron chi connectivity index (χ4n) is 3.93. The average molecular weight is 494 g/mol. The minimum Gasteiger partial charge on any atom is -0.452 e. The molecule has 4 rings (SSSR count). The average Bonchev–Trinajstić information content (AvgIpc) is 3.19. The van der Waals surface area contributed by atoms with Gasteiger partial charge in [-0.3, -0.25) is 13.9 Å². The lowest BCUT2D eigenvalue weighted by Gasteiger charge is -2.24. The number of esters is 1. The van der Waals surface area contributed by atoms with Gasteiger partial charge < -0.3 is 15.8 Å². The molecule has 2 amide bonds. The third-order valence-corrected chi connectivity index (χ3v) is 7.48. The number of sulfonamides is 1. The van der Waals surface area contributed by atoms with Gasteiger partial charge in [0, 0.05) is 17.3 Å². The van der Waals surface area contributed by atoms with Crippen LogP contribution in [0, 0.1) is 0 Å². The van der Waals surface area contributed by atoms with E-state index in [0.717, 1.165) is 5.56 Å². The summed E-state index contributed by atoms with van der Waals surface area (Å²) >= 11 is 0. The third kappa shape index (κ3) is 5.02. The molecule has 9 nitrogen and oxygen atoms in total. The van der Waals surface area contributed by atoms with Crippen LogP contribution in [-0.2, 0) is 26.0 Å². The van der Waals surface area contributed by atoms with Crippen molar-refractivity contribution >= 4 is 39.2 Å². The number of hydrogen-bond donors (Lipinski definition) is 2. The molecule has 0 aromatic heterocycles. The second-order valence-corrected chi connectivity index (χ2v) is 9.89. The Bertz CT molecular complexity index is 1400. The first kappa shape index (κ1) is 24.0. The highest BCUT2D eigenvalue weighted by Gasteiger charge is 2.36. The molecular formula is C25H23N3O6S. The van der Waals surface area contributed by atoms with E-state index in [1.165, 1.54) is 52.8 Å². The number of para-hydroxylation sites is 1. The molecule has 0 saturated carbocycles. The number of nitrogens with one attached hydrogen (secondary N) is 1. The largest absolute Gasteiger partial charge is 0.452 e. The topological polar surface area (TPSA) is 136 Å². The Morgan fingerprint density at radius 1 is 1.00 bits per heavy atom. The number of hydrogen-bond acceptors (Lipinski definition) is 6. The minimum absolute atomic E-state index is 0.00446. The molecule has 35 heavy (non-hydrogen) atoms. The second kappa shape index (κ2) is 9.59. The summed E-state index contributed by atoms with van der Waals surface area (Å²) in [5.41, 5.74) is 7.42. The molecule has 1 atom stereocenters. The normalized spacial score (nSPS) is 14.8. The zero-order chi connectivity index (χ0) is 25.2. The molecule has 0 spiro atoms. The molecule has 0 aliphatic carbocycles. The van der Waals surface area contributed by atoms with Crippen LogP contribution >= 0.6 is 0 Å². The minimum atomic E-state index is -3.93. The Labute approximate surface area is 202 Å². The molecule has 0 radical (unpaired) electrons. The van der Waals surface area contributed by atoms with Gasteiger partial charge in [0.1, 0.15) is 0 Å². The summed E-state index contributed by atoms with van der Waals surface area (Å²) in [6.45, 7) is 1.25. The molecule has 1 unspecified atom stereocenters. The zero-order valence-corrected chi connectivity index (χ0v) is 19.6. The quantitative estimate of drug-likeness (QED) is 0.486. The lowest BCUT2D eigenvalue weighted by Crippen LogP contribution is -2.35. The highest BCUT2D eigenvalue weighted by molar-refractivity contribution is 7.92. The number of anilines is 2. The van der Waals surface area contributed by atoms with E-state index < -0.39 is 34.4 Å². The number of carbonyl (C=O) groups excluding carboxylic acids is 3. The summed E-state index contributed by atoms with van der Waals surface area (Å²) in [5.74, 6) is -2.03. The zero-order valence-electron chi connectivity index (χ0n) is 18.8. The van der Waals surface area contributed by atoms with Crippen LogP contribution in [0.15, 0.2) is 77.7 Å². The van der Waals surface area contributed by atoms with Gasteiger partial charge in [0.15, 0.2) is 6.61 Å². The number of fused-ring (bicyclic) bond motifs is 1. The fraction of sp³-hybridized carbons (Fsp3) is 0.160. The molecule has 1 aliphatic rings. The Hall–Kier alpha value is -4.18. The van der Waals surface area contributed by atoms with Gasteiger partial charge in [0.2, 0.25) is 5.91 Å². The van der Waals surface area contributed by atoms with Crippen LogP contribution in [0.1, 0.15) is 33.2 Å². The lowest BCUT2D eigenvalue weighted by molar-refractivity contribution is -0.119. The maximum atomic E-state index is 13.4. The highest BCUT2D eigenvalue weighted by Crippen LogP contribution is 2.36. The first-order valence-corrected chi connectivity index (χ1v) is 12.2. The summed E-state index contributed by atoms with van der Waals surface area (Å²) in [7, 11) is -3.93. The third-order valence-electron chi connectivity index (χ3n) is 5.56. The summed E-state index contributed by atoms with van der Waals surface area (Å²) in [5, 5.41) is 2.53. The molecule has 0 fully saturated rings. The van der Waals surface area contributed by atoms with Crippen LogP contribution in [0.5, 0.6) is 0 Å². The first-order chi connectivity index (χ1) is 16.7. The molecule has 3 aromatic rings. The van der Waals surface area contributed by atoms with Crippen molar-refractivity contribution < 1.29 is 27.5 Å². The standard InChI is InChI=1S/C25H23N3O6S/c1-16-13-18-5-2-3-8-22(18)28(16)35(32,33)21-7-4-6-19(14-21)25(31)34-15-23(29)27-20-11-9-17(10-12-20)24(26)30/h2-12,14,16H,13,15H2,1H3,(H2,26,30)(H,27,29). The van der Waals surface area contributed by atoms with Crippen molar-refractivity contribution in [2.24, 2.45) is 5.73 Å². The molecule has 1 aliphatic heterocycles. The van der Waals surface area contributed by atoms with Crippen LogP contribution in [-0.4, -0.2) is 38.9 Å². The Kier molecular flexibility index (Phi) is 6.57. The van der Waals surface area contributed by atoms with E-state index in [4.69, 9.17) is 10.5 Å². The van der Waals surface area contributed by atoms with Crippen molar-refractivity contribution in [3.05, 3.63) is 89.5 Å². The second-order valence-electron chi connectivity index (χ2n) is 8.08. The van der Waals surface area contributed by atoms with Crippen LogP contribution < -0.4 is 15.4 Å². The number of primary amides is 1. The SMILES string of the molecule is CC1Cc2ccccc2N1S(=O)(=O)c1cccc(C(=O)OCC(=O)Nc2ccc(C(N)=O)cc2)c1. The van der Waals surface area contributed by atoms with Crippen molar-refractivity contribution in [2.45, 2.75) is 24.3 Å². The predicted octanol–water partition coefficient (Wildman–Crippen LogP) is 2.72. The van der Waals surface area contributed by atoms with Gasteiger partial charge in [0.25, 0.3) is 15.9 Å². The van der Waals surface area contributed by atoms with Crippen molar-refractivity contribution in [3.8, 4) is 0 Å². The van der Waals surface area contributed by atoms with Crippen molar-refractivity contribution in [2.75, 3.05) is 16.2 Å². The van der Waals surface area contributed by atoms with E-state index in [9.17, 15) is 22.8 Å².